The van der Waals surface area contributed by atoms with Crippen molar-refractivity contribution in [3.05, 3.63) is 59.7 Å². The zero-order valence-corrected chi connectivity index (χ0v) is 17.0. The standard InChI is InChI=1S/C22H22FN5O3/c1-2-27-9-10-28(22(31)21(27)30)13-20(29)24-15-7-8-17-18(12-15)26-19(25-17)11-14-5-3-4-6-16(14)23/h3-8,12H,2,9-11,13H2,1H3,(H,24,29)(H,25,26). The maximum Gasteiger partial charge on any atom is 0.312 e. The molecule has 3 aromatic rings. The summed E-state index contributed by atoms with van der Waals surface area (Å²) in [6, 6.07) is 11.7. The van der Waals surface area contributed by atoms with Crippen LogP contribution in [0.4, 0.5) is 10.1 Å². The third kappa shape index (κ3) is 4.40. The molecular weight excluding hydrogens is 401 g/mol. The first-order valence-electron chi connectivity index (χ1n) is 10.0. The molecular formula is C22H22FN5O3. The molecule has 2 heterocycles. The monoisotopic (exact) mass is 423 g/mol. The third-order valence-electron chi connectivity index (χ3n) is 5.24. The van der Waals surface area contributed by atoms with Crippen LogP contribution in [0.25, 0.3) is 11.0 Å². The molecule has 1 fully saturated rings. The Morgan fingerprint density at radius 1 is 1.13 bits per heavy atom. The molecule has 0 saturated carbocycles. The summed E-state index contributed by atoms with van der Waals surface area (Å²) in [5.41, 5.74) is 2.47. The van der Waals surface area contributed by atoms with Crippen LogP contribution in [0.2, 0.25) is 0 Å². The van der Waals surface area contributed by atoms with Crippen LogP contribution in [0.15, 0.2) is 42.5 Å². The summed E-state index contributed by atoms with van der Waals surface area (Å²) in [5, 5.41) is 2.74. The number of carbonyl (C=O) groups is 3. The number of nitrogens with zero attached hydrogens (tertiary/aromatic N) is 3. The smallest absolute Gasteiger partial charge is 0.312 e. The summed E-state index contributed by atoms with van der Waals surface area (Å²) >= 11 is 0. The lowest BCUT2D eigenvalue weighted by Gasteiger charge is -2.32. The van der Waals surface area contributed by atoms with Crippen molar-refractivity contribution in [3.8, 4) is 0 Å². The van der Waals surface area contributed by atoms with Crippen LogP contribution in [0.5, 0.6) is 0 Å². The van der Waals surface area contributed by atoms with E-state index < -0.39 is 17.7 Å². The van der Waals surface area contributed by atoms with Gasteiger partial charge in [0.25, 0.3) is 0 Å². The molecule has 31 heavy (non-hydrogen) atoms. The molecule has 0 atom stereocenters. The molecule has 3 amide bonds. The van der Waals surface area contributed by atoms with Crippen LogP contribution < -0.4 is 5.32 Å². The zero-order chi connectivity index (χ0) is 22.0. The van der Waals surface area contributed by atoms with Gasteiger partial charge in [-0.1, -0.05) is 18.2 Å². The molecule has 8 nitrogen and oxygen atoms in total. The first-order valence-corrected chi connectivity index (χ1v) is 10.0. The number of anilines is 1. The van der Waals surface area contributed by atoms with Gasteiger partial charge in [0.1, 0.15) is 18.2 Å². The van der Waals surface area contributed by atoms with E-state index >= 15 is 0 Å². The summed E-state index contributed by atoms with van der Waals surface area (Å²) in [6.45, 7) is 2.82. The number of H-pyrrole nitrogens is 1. The van der Waals surface area contributed by atoms with Gasteiger partial charge in [-0.3, -0.25) is 14.4 Å². The fraction of sp³-hybridized carbons (Fsp3) is 0.273. The molecule has 160 valence electrons. The summed E-state index contributed by atoms with van der Waals surface area (Å²) in [6.07, 6.45) is 0.322. The quantitative estimate of drug-likeness (QED) is 0.592. The Bertz CT molecular complexity index is 1160. The minimum absolute atomic E-state index is 0.193. The van der Waals surface area contributed by atoms with E-state index in [9.17, 15) is 18.8 Å². The lowest BCUT2D eigenvalue weighted by atomic mass is 10.1. The highest BCUT2D eigenvalue weighted by atomic mass is 19.1. The number of aromatic amines is 1. The Kier molecular flexibility index (Phi) is 5.66. The van der Waals surface area contributed by atoms with Crippen LogP contribution in [0, 0.1) is 5.82 Å². The molecule has 1 saturated heterocycles. The maximum atomic E-state index is 13.9. The first-order chi connectivity index (χ1) is 14.9. The number of likely N-dealkylation sites (N-methyl/N-ethyl adjacent to an activating group) is 1. The Morgan fingerprint density at radius 2 is 1.87 bits per heavy atom. The van der Waals surface area contributed by atoms with Gasteiger partial charge in [0.2, 0.25) is 5.91 Å². The van der Waals surface area contributed by atoms with Crippen LogP contribution in [0.3, 0.4) is 0 Å². The molecule has 0 unspecified atom stereocenters. The van der Waals surface area contributed by atoms with Crippen molar-refractivity contribution in [2.24, 2.45) is 0 Å². The topological polar surface area (TPSA) is 98.4 Å². The summed E-state index contributed by atoms with van der Waals surface area (Å²) < 4.78 is 13.9. The fourth-order valence-electron chi connectivity index (χ4n) is 3.59. The van der Waals surface area contributed by atoms with E-state index in [0.29, 0.717) is 54.2 Å². The number of aromatic nitrogens is 2. The van der Waals surface area contributed by atoms with Crippen molar-refractivity contribution in [2.75, 3.05) is 31.5 Å². The summed E-state index contributed by atoms with van der Waals surface area (Å²) in [4.78, 5) is 46.9. The van der Waals surface area contributed by atoms with Crippen LogP contribution in [0.1, 0.15) is 18.3 Å². The Morgan fingerprint density at radius 3 is 2.65 bits per heavy atom. The van der Waals surface area contributed by atoms with Crippen molar-refractivity contribution >= 4 is 34.4 Å². The number of hydrogen-bond acceptors (Lipinski definition) is 4. The van der Waals surface area contributed by atoms with Crippen LogP contribution >= 0.6 is 0 Å². The number of hydrogen-bond donors (Lipinski definition) is 2. The second-order valence-electron chi connectivity index (χ2n) is 7.34. The van der Waals surface area contributed by atoms with Crippen molar-refractivity contribution in [2.45, 2.75) is 13.3 Å². The zero-order valence-electron chi connectivity index (χ0n) is 17.0. The molecule has 0 aliphatic carbocycles. The lowest BCUT2D eigenvalue weighted by molar-refractivity contribution is -0.156. The number of rotatable bonds is 6. The number of imidazole rings is 1. The van der Waals surface area contributed by atoms with E-state index in [0.717, 1.165) is 0 Å². The average Bonchev–Trinajstić information content (AvgIpc) is 3.15. The number of nitrogens with one attached hydrogen (secondary N) is 2. The molecule has 0 bridgehead atoms. The third-order valence-corrected chi connectivity index (χ3v) is 5.24. The lowest BCUT2D eigenvalue weighted by Crippen LogP contribution is -2.55. The van der Waals surface area contributed by atoms with Gasteiger partial charge >= 0.3 is 11.8 Å². The van der Waals surface area contributed by atoms with E-state index in [-0.39, 0.29) is 12.4 Å². The van der Waals surface area contributed by atoms with Crippen molar-refractivity contribution in [1.82, 2.24) is 19.8 Å². The van der Waals surface area contributed by atoms with Crippen LogP contribution in [-0.2, 0) is 20.8 Å². The van der Waals surface area contributed by atoms with E-state index in [4.69, 9.17) is 0 Å². The Labute approximate surface area is 178 Å². The van der Waals surface area contributed by atoms with Crippen molar-refractivity contribution in [3.63, 3.8) is 0 Å². The molecule has 0 spiro atoms. The maximum absolute atomic E-state index is 13.9. The normalized spacial score (nSPS) is 14.4. The van der Waals surface area contributed by atoms with Gasteiger partial charge in [-0.25, -0.2) is 9.37 Å². The number of piperazine rings is 1. The number of carbonyl (C=O) groups excluding carboxylic acids is 3. The minimum Gasteiger partial charge on any atom is -0.342 e. The SMILES string of the molecule is CCN1CCN(CC(=O)Nc2ccc3nc(Cc4ccccc4F)[nH]c3c2)C(=O)C1=O. The Hall–Kier alpha value is -3.75. The molecule has 2 N–H and O–H groups in total. The first kappa shape index (κ1) is 20.5. The molecule has 2 aromatic carbocycles. The van der Waals surface area contributed by atoms with Gasteiger partial charge in [-0.05, 0) is 36.8 Å². The highest BCUT2D eigenvalue weighted by Gasteiger charge is 2.32. The van der Waals surface area contributed by atoms with Gasteiger partial charge in [-0.2, -0.15) is 0 Å². The second-order valence-corrected chi connectivity index (χ2v) is 7.34. The highest BCUT2D eigenvalue weighted by molar-refractivity contribution is 6.35. The molecule has 1 aromatic heterocycles. The summed E-state index contributed by atoms with van der Waals surface area (Å²) in [5.74, 6) is -1.31. The van der Waals surface area contributed by atoms with Crippen LogP contribution in [-0.4, -0.2) is 63.7 Å². The minimum atomic E-state index is -0.662. The number of fused-ring (bicyclic) bond motifs is 1. The number of amides is 3. The molecule has 1 aliphatic rings. The molecule has 0 radical (unpaired) electrons. The predicted octanol–water partition coefficient (Wildman–Crippen LogP) is 1.92. The van der Waals surface area contributed by atoms with E-state index in [2.05, 4.69) is 15.3 Å². The van der Waals surface area contributed by atoms with Crippen molar-refractivity contribution in [1.29, 1.82) is 0 Å². The van der Waals surface area contributed by atoms with Crippen molar-refractivity contribution < 1.29 is 18.8 Å². The van der Waals surface area contributed by atoms with Gasteiger partial charge in [0.05, 0.1) is 11.0 Å². The fourth-order valence-corrected chi connectivity index (χ4v) is 3.59. The molecule has 9 heteroatoms. The van der Waals surface area contributed by atoms with Gasteiger partial charge in [0.15, 0.2) is 0 Å². The number of halogens is 1. The van der Waals surface area contributed by atoms with E-state index in [1.54, 1.807) is 43.3 Å². The number of benzene rings is 2. The van der Waals surface area contributed by atoms with Gasteiger partial charge < -0.3 is 20.1 Å². The Balaban J connectivity index is 1.42. The largest absolute Gasteiger partial charge is 0.342 e. The average molecular weight is 423 g/mol. The van der Waals surface area contributed by atoms with Gasteiger partial charge in [0, 0.05) is 31.7 Å². The predicted molar refractivity (Wildman–Crippen MR) is 113 cm³/mol. The van der Waals surface area contributed by atoms with E-state index in [1.165, 1.54) is 15.9 Å². The molecule has 4 rings (SSSR count). The molecule has 1 aliphatic heterocycles. The van der Waals surface area contributed by atoms with Gasteiger partial charge in [-0.15, -0.1) is 0 Å². The summed E-state index contributed by atoms with van der Waals surface area (Å²) in [7, 11) is 0. The second kappa shape index (κ2) is 8.55. The highest BCUT2D eigenvalue weighted by Crippen LogP contribution is 2.19. The van der Waals surface area contributed by atoms with E-state index in [1.807, 2.05) is 0 Å².